The topological polar surface area (TPSA) is 76.1 Å². The van der Waals surface area contributed by atoms with Crippen LogP contribution in [0, 0.1) is 18.8 Å². The highest BCUT2D eigenvalue weighted by atomic mass is 19.4. The molecule has 0 radical (unpaired) electrons. The van der Waals surface area contributed by atoms with Crippen molar-refractivity contribution >= 4 is 17.5 Å². The minimum absolute atomic E-state index is 0.162. The van der Waals surface area contributed by atoms with Gasteiger partial charge in [-0.15, -0.1) is 0 Å². The summed E-state index contributed by atoms with van der Waals surface area (Å²) in [6, 6.07) is 1.62. The number of anilines is 1. The number of hydrogen-bond donors (Lipinski definition) is 0. The van der Waals surface area contributed by atoms with Gasteiger partial charge in [0.05, 0.1) is 6.20 Å². The number of aromatic nitrogens is 3. The average molecular weight is 390 g/mol. The third-order valence-electron chi connectivity index (χ3n) is 4.71. The normalized spacial score (nSPS) is 16.7. The van der Waals surface area contributed by atoms with E-state index in [1.165, 1.54) is 6.20 Å². The Morgan fingerprint density at radius 3 is 2.14 bits per heavy atom. The molecule has 0 bridgehead atoms. The summed E-state index contributed by atoms with van der Waals surface area (Å²) >= 11 is 0. The van der Waals surface area contributed by atoms with Crippen molar-refractivity contribution in [3.05, 3.63) is 35.9 Å². The molecule has 146 valence electrons. The lowest BCUT2D eigenvalue weighted by molar-refractivity contribution is -0.140. The summed E-state index contributed by atoms with van der Waals surface area (Å²) < 4.78 is 41.4. The lowest BCUT2D eigenvalue weighted by Crippen LogP contribution is -2.40. The van der Waals surface area contributed by atoms with Crippen molar-refractivity contribution in [3.63, 3.8) is 0 Å². The number of halogens is 3. The van der Waals surface area contributed by atoms with Crippen LogP contribution in [0.3, 0.4) is 0 Å². The van der Waals surface area contributed by atoms with Gasteiger partial charge >= 0.3 is 6.18 Å². The molecule has 6 nitrogen and oxygen atoms in total. The molecule has 0 unspecified atom stereocenters. The van der Waals surface area contributed by atoms with E-state index >= 15 is 0 Å². The van der Waals surface area contributed by atoms with Crippen LogP contribution in [0.5, 0.6) is 0 Å². The van der Waals surface area contributed by atoms with Gasteiger partial charge in [0.25, 0.3) is 0 Å². The molecule has 0 aliphatic heterocycles. The molecule has 2 aliphatic rings. The van der Waals surface area contributed by atoms with Gasteiger partial charge in [0.1, 0.15) is 5.69 Å². The van der Waals surface area contributed by atoms with Crippen LogP contribution >= 0.6 is 0 Å². The number of rotatable bonds is 4. The van der Waals surface area contributed by atoms with Gasteiger partial charge in [-0.1, -0.05) is 0 Å². The maximum atomic E-state index is 13.8. The fourth-order valence-corrected chi connectivity index (χ4v) is 2.94. The molecule has 4 rings (SSSR count). The predicted octanol–water partition coefficient (Wildman–Crippen LogP) is 3.55. The molecule has 28 heavy (non-hydrogen) atoms. The summed E-state index contributed by atoms with van der Waals surface area (Å²) in [7, 11) is 0. The van der Waals surface area contributed by atoms with Gasteiger partial charge in [-0.05, 0) is 44.2 Å². The van der Waals surface area contributed by atoms with E-state index in [2.05, 4.69) is 15.0 Å². The van der Waals surface area contributed by atoms with E-state index in [9.17, 15) is 22.8 Å². The van der Waals surface area contributed by atoms with Crippen LogP contribution in [0.15, 0.2) is 24.7 Å². The molecule has 9 heteroatoms. The number of alkyl halides is 3. The Labute approximate surface area is 158 Å². The Balaban J connectivity index is 1.82. The molecule has 2 aromatic heterocycles. The summed E-state index contributed by atoms with van der Waals surface area (Å²) in [4.78, 5) is 37.6. The zero-order valence-corrected chi connectivity index (χ0v) is 15.0. The Kier molecular flexibility index (Phi) is 4.40. The second-order valence-corrected chi connectivity index (χ2v) is 7.24. The summed E-state index contributed by atoms with van der Waals surface area (Å²) in [5.41, 5.74) is -0.813. The molecule has 2 amide bonds. The van der Waals surface area contributed by atoms with Gasteiger partial charge in [-0.3, -0.25) is 14.6 Å². The highest BCUT2D eigenvalue weighted by Gasteiger charge is 2.46. The third-order valence-corrected chi connectivity index (χ3v) is 4.71. The van der Waals surface area contributed by atoms with Crippen LogP contribution < -0.4 is 4.90 Å². The highest BCUT2D eigenvalue weighted by Crippen LogP contribution is 2.41. The van der Waals surface area contributed by atoms with Crippen LogP contribution in [0.4, 0.5) is 18.9 Å². The van der Waals surface area contributed by atoms with E-state index in [4.69, 9.17) is 0 Å². The number of carbonyl (C=O) groups excluding carboxylic acids is 2. The molecule has 2 fully saturated rings. The van der Waals surface area contributed by atoms with Gasteiger partial charge in [0.2, 0.25) is 11.8 Å². The molecule has 0 aromatic carbocycles. The van der Waals surface area contributed by atoms with Crippen molar-refractivity contribution in [2.24, 2.45) is 11.8 Å². The Morgan fingerprint density at radius 1 is 1.04 bits per heavy atom. The lowest BCUT2D eigenvalue weighted by atomic mass is 10.2. The first-order valence-corrected chi connectivity index (χ1v) is 9.00. The molecule has 2 aromatic rings. The fourth-order valence-electron chi connectivity index (χ4n) is 2.94. The predicted molar refractivity (Wildman–Crippen MR) is 92.9 cm³/mol. The van der Waals surface area contributed by atoms with E-state index in [-0.39, 0.29) is 5.82 Å². The number of imide groups is 1. The summed E-state index contributed by atoms with van der Waals surface area (Å²) in [5.74, 6) is -2.19. The standard InChI is InChI=1S/C19H17F3N4O2/c1-10-6-13(8-23-7-10)16-24-9-14(15(25-16)19(20,21)22)26(17(27)11-2-3-11)18(28)12-4-5-12/h6-9,11-12H,2-5H2,1H3. The van der Waals surface area contributed by atoms with E-state index in [0.717, 1.165) is 11.8 Å². The highest BCUT2D eigenvalue weighted by molar-refractivity contribution is 6.17. The Bertz CT molecular complexity index is 928. The first kappa shape index (κ1) is 18.5. The second-order valence-electron chi connectivity index (χ2n) is 7.24. The van der Waals surface area contributed by atoms with E-state index in [1.54, 1.807) is 19.2 Å². The maximum Gasteiger partial charge on any atom is 0.435 e. The molecular formula is C19H17F3N4O2. The minimum atomic E-state index is -4.85. The Hall–Kier alpha value is -2.84. The van der Waals surface area contributed by atoms with Gasteiger partial charge < -0.3 is 0 Å². The summed E-state index contributed by atoms with van der Waals surface area (Å²) in [6.07, 6.45) is 1.29. The molecule has 0 saturated heterocycles. The number of hydrogen-bond acceptors (Lipinski definition) is 5. The first-order chi connectivity index (χ1) is 13.3. The average Bonchev–Trinajstić information content (AvgIpc) is 3.54. The van der Waals surface area contributed by atoms with Gasteiger partial charge in [-0.25, -0.2) is 14.9 Å². The molecular weight excluding hydrogens is 373 g/mol. The van der Waals surface area contributed by atoms with Crippen molar-refractivity contribution in [1.82, 2.24) is 15.0 Å². The number of pyridine rings is 1. The molecule has 2 heterocycles. The zero-order valence-electron chi connectivity index (χ0n) is 15.0. The van der Waals surface area contributed by atoms with Crippen LogP contribution in [0.2, 0.25) is 0 Å². The molecule has 0 atom stereocenters. The molecule has 0 N–H and O–H groups in total. The van der Waals surface area contributed by atoms with Crippen molar-refractivity contribution in [2.45, 2.75) is 38.8 Å². The minimum Gasteiger partial charge on any atom is -0.274 e. The third kappa shape index (κ3) is 3.61. The van der Waals surface area contributed by atoms with Crippen LogP contribution in [0.1, 0.15) is 36.9 Å². The quantitative estimate of drug-likeness (QED) is 0.747. The van der Waals surface area contributed by atoms with Crippen molar-refractivity contribution < 1.29 is 22.8 Å². The van der Waals surface area contributed by atoms with E-state index in [1.807, 2.05) is 0 Å². The van der Waals surface area contributed by atoms with Crippen LogP contribution in [0.25, 0.3) is 11.4 Å². The van der Waals surface area contributed by atoms with Crippen LogP contribution in [-0.4, -0.2) is 26.8 Å². The smallest absolute Gasteiger partial charge is 0.274 e. The number of amides is 2. The number of carbonyl (C=O) groups is 2. The summed E-state index contributed by atoms with van der Waals surface area (Å²) in [5, 5.41) is 0. The SMILES string of the molecule is Cc1cncc(-c2ncc(N(C(=O)C3CC3)C(=O)C3CC3)c(C(F)(F)F)n2)c1. The van der Waals surface area contributed by atoms with Gasteiger partial charge in [0.15, 0.2) is 11.5 Å². The van der Waals surface area contributed by atoms with Crippen molar-refractivity contribution in [3.8, 4) is 11.4 Å². The summed E-state index contributed by atoms with van der Waals surface area (Å²) in [6.45, 7) is 1.75. The lowest BCUT2D eigenvalue weighted by Gasteiger charge is -2.24. The Morgan fingerprint density at radius 2 is 1.64 bits per heavy atom. The number of aryl methyl sites for hydroxylation is 1. The second kappa shape index (κ2) is 6.65. The van der Waals surface area contributed by atoms with E-state index in [0.29, 0.717) is 36.1 Å². The molecule has 0 spiro atoms. The zero-order chi connectivity index (χ0) is 20.1. The van der Waals surface area contributed by atoms with E-state index < -0.39 is 41.2 Å². The van der Waals surface area contributed by atoms with Gasteiger partial charge in [-0.2, -0.15) is 13.2 Å². The molecule has 2 saturated carbocycles. The van der Waals surface area contributed by atoms with Crippen LogP contribution in [-0.2, 0) is 15.8 Å². The first-order valence-electron chi connectivity index (χ1n) is 9.00. The van der Waals surface area contributed by atoms with Crippen molar-refractivity contribution in [1.29, 1.82) is 0 Å². The fraction of sp³-hybridized carbons (Fsp3) is 0.421. The largest absolute Gasteiger partial charge is 0.435 e. The molecule has 2 aliphatic carbocycles. The number of nitrogens with zero attached hydrogens (tertiary/aromatic N) is 4. The van der Waals surface area contributed by atoms with Crippen molar-refractivity contribution in [2.75, 3.05) is 4.90 Å². The van der Waals surface area contributed by atoms with Gasteiger partial charge in [0, 0.05) is 29.8 Å². The maximum absolute atomic E-state index is 13.8. The monoisotopic (exact) mass is 390 g/mol.